The van der Waals surface area contributed by atoms with Gasteiger partial charge in [0.2, 0.25) is 0 Å². The van der Waals surface area contributed by atoms with Crippen molar-refractivity contribution < 1.29 is 14.3 Å². The smallest absolute Gasteiger partial charge is 0.290 e. The topological polar surface area (TPSA) is 73.4 Å². The third kappa shape index (κ3) is 2.40. The number of hydrogen-bond donors (Lipinski definition) is 2. The van der Waals surface area contributed by atoms with Crippen LogP contribution in [0, 0.1) is 5.82 Å². The zero-order valence-corrected chi connectivity index (χ0v) is 11.1. The first kappa shape index (κ1) is 13.4. The lowest BCUT2D eigenvalue weighted by Gasteiger charge is -2.28. The fourth-order valence-corrected chi connectivity index (χ4v) is 2.47. The Kier molecular flexibility index (Phi) is 3.21. The van der Waals surface area contributed by atoms with Crippen LogP contribution in [0.5, 0.6) is 5.75 Å². The van der Waals surface area contributed by atoms with E-state index < -0.39 is 11.3 Å². The standard InChI is InChI=1S/C15H13FN2O3/c16-11-3-1-9(2-4-11)8-18-6-5-10-7-17-14(20)13(19)12(10)15(18)21/h1-4,7,19H,5-6,8H2,(H,17,20). The number of benzene rings is 1. The molecule has 2 heterocycles. The summed E-state index contributed by atoms with van der Waals surface area (Å²) in [5.41, 5.74) is 0.808. The Balaban J connectivity index is 1.90. The number of halogens is 1. The highest BCUT2D eigenvalue weighted by Crippen LogP contribution is 2.24. The van der Waals surface area contributed by atoms with Crippen molar-refractivity contribution in [3.05, 3.63) is 63.3 Å². The van der Waals surface area contributed by atoms with E-state index in [0.717, 1.165) is 5.56 Å². The number of H-pyrrole nitrogens is 1. The zero-order chi connectivity index (χ0) is 15.0. The van der Waals surface area contributed by atoms with Crippen molar-refractivity contribution in [3.63, 3.8) is 0 Å². The quantitative estimate of drug-likeness (QED) is 0.877. The number of nitrogens with one attached hydrogen (secondary N) is 1. The molecule has 0 saturated heterocycles. The van der Waals surface area contributed by atoms with Gasteiger partial charge in [-0.15, -0.1) is 0 Å². The maximum absolute atomic E-state index is 12.9. The molecule has 2 N–H and O–H groups in total. The summed E-state index contributed by atoms with van der Waals surface area (Å²) < 4.78 is 12.9. The van der Waals surface area contributed by atoms with E-state index in [1.54, 1.807) is 12.1 Å². The third-order valence-corrected chi connectivity index (χ3v) is 3.59. The Morgan fingerprint density at radius 2 is 1.95 bits per heavy atom. The van der Waals surface area contributed by atoms with Crippen molar-refractivity contribution in [2.45, 2.75) is 13.0 Å². The van der Waals surface area contributed by atoms with E-state index in [0.29, 0.717) is 25.1 Å². The summed E-state index contributed by atoms with van der Waals surface area (Å²) in [6.07, 6.45) is 2.01. The Bertz CT molecular complexity index is 753. The number of carbonyl (C=O) groups is 1. The second kappa shape index (κ2) is 5.05. The summed E-state index contributed by atoms with van der Waals surface area (Å²) in [5, 5.41) is 9.79. The van der Waals surface area contributed by atoms with E-state index in [1.165, 1.54) is 23.2 Å². The van der Waals surface area contributed by atoms with E-state index in [1.807, 2.05) is 0 Å². The first-order valence-corrected chi connectivity index (χ1v) is 6.53. The SMILES string of the molecule is O=C1c2c(c[nH]c(=O)c2O)CCN1Cc1ccc(F)cc1. The number of hydrogen-bond acceptors (Lipinski definition) is 3. The van der Waals surface area contributed by atoms with Crippen LogP contribution >= 0.6 is 0 Å². The lowest BCUT2D eigenvalue weighted by atomic mass is 10.00. The molecule has 0 unspecified atom stereocenters. The normalized spacial score (nSPS) is 14.1. The van der Waals surface area contributed by atoms with Crippen LogP contribution in [0.1, 0.15) is 21.5 Å². The molecule has 1 aliphatic heterocycles. The second-order valence-corrected chi connectivity index (χ2v) is 4.97. The molecule has 1 aromatic carbocycles. The number of carbonyl (C=O) groups excluding carboxylic acids is 1. The van der Waals surface area contributed by atoms with Crippen LogP contribution in [-0.2, 0) is 13.0 Å². The minimum absolute atomic E-state index is 0.0621. The molecule has 3 rings (SSSR count). The highest BCUT2D eigenvalue weighted by molar-refractivity contribution is 5.99. The zero-order valence-electron chi connectivity index (χ0n) is 11.1. The fraction of sp³-hybridized carbons (Fsp3) is 0.200. The molecule has 2 aromatic rings. The molecule has 0 aliphatic carbocycles. The minimum Gasteiger partial charge on any atom is -0.502 e. The number of aromatic nitrogens is 1. The summed E-state index contributed by atoms with van der Waals surface area (Å²) in [4.78, 5) is 27.8. The number of nitrogens with zero attached hydrogens (tertiary/aromatic N) is 1. The van der Waals surface area contributed by atoms with E-state index in [-0.39, 0.29) is 17.3 Å². The van der Waals surface area contributed by atoms with Crippen molar-refractivity contribution in [2.24, 2.45) is 0 Å². The second-order valence-electron chi connectivity index (χ2n) is 4.97. The summed E-state index contributed by atoms with van der Waals surface area (Å²) in [5.74, 6) is -1.26. The van der Waals surface area contributed by atoms with Crippen molar-refractivity contribution >= 4 is 5.91 Å². The van der Waals surface area contributed by atoms with Crippen LogP contribution in [0.25, 0.3) is 0 Å². The maximum Gasteiger partial charge on any atom is 0.290 e. The fourth-order valence-electron chi connectivity index (χ4n) is 2.47. The number of aromatic hydroxyl groups is 1. The molecule has 108 valence electrons. The number of pyridine rings is 1. The monoisotopic (exact) mass is 288 g/mol. The molecule has 6 heteroatoms. The maximum atomic E-state index is 12.9. The molecule has 0 atom stereocenters. The van der Waals surface area contributed by atoms with E-state index in [9.17, 15) is 19.1 Å². The molecule has 1 aromatic heterocycles. The van der Waals surface area contributed by atoms with Gasteiger partial charge in [-0.1, -0.05) is 12.1 Å². The Morgan fingerprint density at radius 3 is 2.67 bits per heavy atom. The average molecular weight is 288 g/mol. The number of rotatable bonds is 2. The highest BCUT2D eigenvalue weighted by Gasteiger charge is 2.28. The van der Waals surface area contributed by atoms with E-state index in [4.69, 9.17) is 0 Å². The van der Waals surface area contributed by atoms with Crippen LogP contribution < -0.4 is 5.56 Å². The van der Waals surface area contributed by atoms with Gasteiger partial charge < -0.3 is 15.0 Å². The molecular formula is C15H13FN2O3. The molecule has 1 aliphatic rings. The molecule has 0 radical (unpaired) electrons. The lowest BCUT2D eigenvalue weighted by Crippen LogP contribution is -2.38. The van der Waals surface area contributed by atoms with Gasteiger partial charge in [-0.3, -0.25) is 9.59 Å². The number of amides is 1. The lowest BCUT2D eigenvalue weighted by molar-refractivity contribution is 0.0722. The Hall–Kier alpha value is -2.63. The Morgan fingerprint density at radius 1 is 1.24 bits per heavy atom. The third-order valence-electron chi connectivity index (χ3n) is 3.59. The molecule has 1 amide bonds. The first-order valence-electron chi connectivity index (χ1n) is 6.53. The number of aromatic amines is 1. The van der Waals surface area contributed by atoms with Gasteiger partial charge in [0.15, 0.2) is 5.75 Å². The summed E-state index contributed by atoms with van der Waals surface area (Å²) in [6.45, 7) is 0.791. The first-order chi connectivity index (χ1) is 10.1. The van der Waals surface area contributed by atoms with Crippen LogP contribution in [0.2, 0.25) is 0 Å². The summed E-state index contributed by atoms with van der Waals surface area (Å²) >= 11 is 0. The van der Waals surface area contributed by atoms with Gasteiger partial charge in [-0.05, 0) is 29.7 Å². The average Bonchev–Trinajstić information content (AvgIpc) is 2.48. The van der Waals surface area contributed by atoms with Gasteiger partial charge in [0.25, 0.3) is 11.5 Å². The van der Waals surface area contributed by atoms with Crippen molar-refractivity contribution in [1.82, 2.24) is 9.88 Å². The molecule has 0 spiro atoms. The molecular weight excluding hydrogens is 275 g/mol. The molecule has 0 fully saturated rings. The summed E-state index contributed by atoms with van der Waals surface area (Å²) in [6, 6.07) is 5.88. The Labute approximate surface area is 119 Å². The van der Waals surface area contributed by atoms with E-state index in [2.05, 4.69) is 4.98 Å². The largest absolute Gasteiger partial charge is 0.502 e. The predicted molar refractivity (Wildman–Crippen MR) is 73.6 cm³/mol. The van der Waals surface area contributed by atoms with Crippen LogP contribution in [0.4, 0.5) is 4.39 Å². The highest BCUT2D eigenvalue weighted by atomic mass is 19.1. The van der Waals surface area contributed by atoms with Crippen molar-refractivity contribution in [3.8, 4) is 5.75 Å². The van der Waals surface area contributed by atoms with Crippen molar-refractivity contribution in [2.75, 3.05) is 6.54 Å². The predicted octanol–water partition coefficient (Wildman–Crippen LogP) is 1.42. The summed E-state index contributed by atoms with van der Waals surface area (Å²) in [7, 11) is 0. The van der Waals surface area contributed by atoms with Crippen LogP contribution in [-0.4, -0.2) is 27.4 Å². The molecule has 5 nitrogen and oxygen atoms in total. The van der Waals surface area contributed by atoms with Gasteiger partial charge in [0.1, 0.15) is 5.82 Å². The number of fused-ring (bicyclic) bond motifs is 1. The van der Waals surface area contributed by atoms with Gasteiger partial charge in [0.05, 0.1) is 5.56 Å². The van der Waals surface area contributed by atoms with Crippen LogP contribution in [0.15, 0.2) is 35.3 Å². The molecule has 0 bridgehead atoms. The molecule has 21 heavy (non-hydrogen) atoms. The van der Waals surface area contributed by atoms with Gasteiger partial charge >= 0.3 is 0 Å². The van der Waals surface area contributed by atoms with E-state index >= 15 is 0 Å². The van der Waals surface area contributed by atoms with Gasteiger partial charge in [0, 0.05) is 19.3 Å². The molecule has 0 saturated carbocycles. The van der Waals surface area contributed by atoms with Crippen molar-refractivity contribution in [1.29, 1.82) is 0 Å². The minimum atomic E-state index is -0.675. The van der Waals surface area contributed by atoms with Gasteiger partial charge in [-0.2, -0.15) is 0 Å². The van der Waals surface area contributed by atoms with Gasteiger partial charge in [-0.25, -0.2) is 4.39 Å². The van der Waals surface area contributed by atoms with Crippen LogP contribution in [0.3, 0.4) is 0 Å².